The number of nitrogens with zero attached hydrogens (tertiary/aromatic N) is 2. The average molecular weight is 399 g/mol. The highest BCUT2D eigenvalue weighted by Gasteiger charge is 2.30. The number of hydrogen-bond donors (Lipinski definition) is 0. The molecule has 0 atom stereocenters. The van der Waals surface area contributed by atoms with Crippen molar-refractivity contribution in [1.82, 2.24) is 4.90 Å². The normalized spacial score (nSPS) is 15.1. The number of rotatable bonds is 5. The molecule has 0 N–H and O–H groups in total. The van der Waals surface area contributed by atoms with Gasteiger partial charge in [-0.25, -0.2) is 0 Å². The summed E-state index contributed by atoms with van der Waals surface area (Å²) >= 11 is 0. The molecule has 4 rings (SSSR count). The van der Waals surface area contributed by atoms with Gasteiger partial charge in [-0.15, -0.1) is 0 Å². The molecule has 3 aromatic carbocycles. The maximum absolute atomic E-state index is 13.6. The lowest BCUT2D eigenvalue weighted by Gasteiger charge is -2.39. The topological polar surface area (TPSA) is 23.6 Å². The van der Waals surface area contributed by atoms with Crippen molar-refractivity contribution < 1.29 is 4.79 Å². The molecule has 0 aromatic heterocycles. The van der Waals surface area contributed by atoms with Crippen LogP contribution in [0.25, 0.3) is 0 Å². The van der Waals surface area contributed by atoms with E-state index >= 15 is 0 Å². The van der Waals surface area contributed by atoms with E-state index in [9.17, 15) is 4.79 Å². The molecule has 0 aliphatic carbocycles. The Morgan fingerprint density at radius 2 is 1.57 bits per heavy atom. The lowest BCUT2D eigenvalue weighted by atomic mass is 9.99. The number of benzene rings is 3. The van der Waals surface area contributed by atoms with Gasteiger partial charge in [0.15, 0.2) is 0 Å². The highest BCUT2D eigenvalue weighted by atomic mass is 16.2. The number of aryl methyl sites for hydroxylation is 2. The number of carbonyl (C=O) groups is 1. The molecule has 0 radical (unpaired) electrons. The molecular formula is C27H30N2O. The van der Waals surface area contributed by atoms with Gasteiger partial charge < -0.3 is 4.90 Å². The van der Waals surface area contributed by atoms with Gasteiger partial charge in [-0.1, -0.05) is 60.2 Å². The first kappa shape index (κ1) is 20.4. The number of hydrogen-bond acceptors (Lipinski definition) is 2. The molecule has 1 aliphatic rings. The van der Waals surface area contributed by atoms with Gasteiger partial charge in [-0.3, -0.25) is 9.69 Å². The van der Waals surface area contributed by atoms with E-state index < -0.39 is 0 Å². The smallest absolute Gasteiger partial charge is 0.258 e. The van der Waals surface area contributed by atoms with Gasteiger partial charge in [-0.05, 0) is 62.1 Å². The van der Waals surface area contributed by atoms with Crippen molar-refractivity contribution in [3.05, 3.63) is 101 Å². The monoisotopic (exact) mass is 398 g/mol. The van der Waals surface area contributed by atoms with Crippen molar-refractivity contribution in [3.63, 3.8) is 0 Å². The van der Waals surface area contributed by atoms with Crippen molar-refractivity contribution in [2.45, 2.75) is 39.3 Å². The second kappa shape index (κ2) is 9.27. The standard InChI is InChI=1S/C27H30N2O/c1-21-11-13-24(14-12-21)27(30)29(26-10-6-7-22(2)19-26)25-15-17-28(18-16-25)20-23-8-4-3-5-9-23/h3-14,19,25H,15-18,20H2,1-2H3. The summed E-state index contributed by atoms with van der Waals surface area (Å²) in [6, 6.07) is 27.1. The van der Waals surface area contributed by atoms with Crippen LogP contribution >= 0.6 is 0 Å². The van der Waals surface area contributed by atoms with Crippen molar-refractivity contribution in [1.29, 1.82) is 0 Å². The summed E-state index contributed by atoms with van der Waals surface area (Å²) in [6.07, 6.45) is 1.97. The number of piperidine rings is 1. The molecule has 3 heteroatoms. The third kappa shape index (κ3) is 4.80. The number of amides is 1. The molecule has 1 heterocycles. The van der Waals surface area contributed by atoms with E-state index in [1.165, 1.54) is 16.7 Å². The van der Waals surface area contributed by atoms with Crippen molar-refractivity contribution in [2.24, 2.45) is 0 Å². The Bertz CT molecular complexity index is 973. The lowest BCUT2D eigenvalue weighted by molar-refractivity contribution is 0.0958. The number of likely N-dealkylation sites (tertiary alicyclic amines) is 1. The molecular weight excluding hydrogens is 368 g/mol. The average Bonchev–Trinajstić information content (AvgIpc) is 2.76. The largest absolute Gasteiger partial charge is 0.305 e. The summed E-state index contributed by atoms with van der Waals surface area (Å²) in [7, 11) is 0. The Balaban J connectivity index is 1.53. The zero-order valence-electron chi connectivity index (χ0n) is 17.9. The fraction of sp³-hybridized carbons (Fsp3) is 0.296. The lowest BCUT2D eigenvalue weighted by Crippen LogP contribution is -2.47. The van der Waals surface area contributed by atoms with E-state index in [1.807, 2.05) is 35.2 Å². The second-order valence-electron chi connectivity index (χ2n) is 8.37. The van der Waals surface area contributed by atoms with Crippen LogP contribution in [0, 0.1) is 13.8 Å². The summed E-state index contributed by atoms with van der Waals surface area (Å²) in [5.74, 6) is 0.0992. The minimum absolute atomic E-state index is 0.0992. The highest BCUT2D eigenvalue weighted by molar-refractivity contribution is 6.06. The molecule has 0 spiro atoms. The van der Waals surface area contributed by atoms with Gasteiger partial charge in [0.05, 0.1) is 0 Å². The molecule has 1 fully saturated rings. The SMILES string of the molecule is Cc1ccc(C(=O)N(c2cccc(C)c2)C2CCN(Cc3ccccc3)CC2)cc1. The van der Waals surface area contributed by atoms with E-state index in [-0.39, 0.29) is 11.9 Å². The van der Waals surface area contributed by atoms with Crippen molar-refractivity contribution in [2.75, 3.05) is 18.0 Å². The molecule has 1 aliphatic heterocycles. The van der Waals surface area contributed by atoms with Crippen LogP contribution in [0.1, 0.15) is 39.9 Å². The minimum atomic E-state index is 0.0992. The summed E-state index contributed by atoms with van der Waals surface area (Å²) < 4.78 is 0. The molecule has 1 amide bonds. The first-order valence-corrected chi connectivity index (χ1v) is 10.8. The highest BCUT2D eigenvalue weighted by Crippen LogP contribution is 2.27. The third-order valence-corrected chi connectivity index (χ3v) is 5.97. The number of carbonyl (C=O) groups excluding carboxylic acids is 1. The summed E-state index contributed by atoms with van der Waals surface area (Å²) in [4.78, 5) is 18.1. The van der Waals surface area contributed by atoms with Crippen LogP contribution in [0.4, 0.5) is 5.69 Å². The van der Waals surface area contributed by atoms with Crippen LogP contribution in [-0.4, -0.2) is 29.9 Å². The molecule has 1 saturated heterocycles. The van der Waals surface area contributed by atoms with Gasteiger partial charge in [-0.2, -0.15) is 0 Å². The van der Waals surface area contributed by atoms with Crippen molar-refractivity contribution in [3.8, 4) is 0 Å². The molecule has 3 aromatic rings. The second-order valence-corrected chi connectivity index (χ2v) is 8.37. The summed E-state index contributed by atoms with van der Waals surface area (Å²) in [6.45, 7) is 7.12. The Morgan fingerprint density at radius 1 is 0.867 bits per heavy atom. The summed E-state index contributed by atoms with van der Waals surface area (Å²) in [5.41, 5.74) is 5.46. The van der Waals surface area contributed by atoms with Gasteiger partial charge in [0.2, 0.25) is 0 Å². The zero-order valence-corrected chi connectivity index (χ0v) is 17.9. The van der Waals surface area contributed by atoms with Crippen LogP contribution in [-0.2, 0) is 6.54 Å². The Labute approximate surface area is 180 Å². The molecule has 0 unspecified atom stereocenters. The molecule has 3 nitrogen and oxygen atoms in total. The van der Waals surface area contributed by atoms with Crippen LogP contribution in [0.3, 0.4) is 0 Å². The number of anilines is 1. The molecule has 0 bridgehead atoms. The predicted octanol–water partition coefficient (Wildman–Crippen LogP) is 5.61. The van der Waals surface area contributed by atoms with E-state index in [0.29, 0.717) is 0 Å². The minimum Gasteiger partial charge on any atom is -0.305 e. The Kier molecular flexibility index (Phi) is 6.29. The van der Waals surface area contributed by atoms with Gasteiger partial charge in [0.1, 0.15) is 0 Å². The Morgan fingerprint density at radius 3 is 2.23 bits per heavy atom. The Hall–Kier alpha value is -2.91. The van der Waals surface area contributed by atoms with E-state index in [2.05, 4.69) is 67.3 Å². The van der Waals surface area contributed by atoms with E-state index in [1.54, 1.807) is 0 Å². The third-order valence-electron chi connectivity index (χ3n) is 5.97. The fourth-order valence-corrected chi connectivity index (χ4v) is 4.28. The van der Waals surface area contributed by atoms with Crippen LogP contribution < -0.4 is 4.90 Å². The molecule has 0 saturated carbocycles. The van der Waals surface area contributed by atoms with E-state index in [4.69, 9.17) is 0 Å². The van der Waals surface area contributed by atoms with Crippen LogP contribution in [0.15, 0.2) is 78.9 Å². The predicted molar refractivity (Wildman–Crippen MR) is 124 cm³/mol. The molecule has 154 valence electrons. The summed E-state index contributed by atoms with van der Waals surface area (Å²) in [5, 5.41) is 0. The maximum atomic E-state index is 13.6. The van der Waals surface area contributed by atoms with Gasteiger partial charge in [0, 0.05) is 36.9 Å². The first-order valence-electron chi connectivity index (χ1n) is 10.8. The maximum Gasteiger partial charge on any atom is 0.258 e. The quantitative estimate of drug-likeness (QED) is 0.557. The van der Waals surface area contributed by atoms with Gasteiger partial charge >= 0.3 is 0 Å². The van der Waals surface area contributed by atoms with Crippen LogP contribution in [0.2, 0.25) is 0 Å². The van der Waals surface area contributed by atoms with E-state index in [0.717, 1.165) is 43.7 Å². The molecule has 30 heavy (non-hydrogen) atoms. The zero-order chi connectivity index (χ0) is 20.9. The first-order chi connectivity index (χ1) is 14.6. The van der Waals surface area contributed by atoms with Gasteiger partial charge in [0.25, 0.3) is 5.91 Å². The van der Waals surface area contributed by atoms with Crippen molar-refractivity contribution >= 4 is 11.6 Å². The fourth-order valence-electron chi connectivity index (χ4n) is 4.28. The van der Waals surface area contributed by atoms with Crippen LogP contribution in [0.5, 0.6) is 0 Å².